The van der Waals surface area contributed by atoms with Gasteiger partial charge < -0.3 is 4.74 Å². The molecule has 0 bridgehead atoms. The van der Waals surface area contributed by atoms with Crippen LogP contribution >= 0.6 is 27.3 Å². The standard InChI is InChI=1S/C20H19BrN2O3S/c1-11-18(23-20(27-11)15-3-2-14(21)10-22-15)17-16(24)9-13(19(17)25)8-12-4-6-26-7-5-12/h2-3,8,10,12,17H,4-7,9H2,1H3/b13-8+. The van der Waals surface area contributed by atoms with E-state index in [1.54, 1.807) is 6.20 Å². The van der Waals surface area contributed by atoms with Crippen molar-refractivity contribution in [2.45, 2.75) is 32.1 Å². The average molecular weight is 447 g/mol. The molecule has 0 aromatic carbocycles. The second-order valence-electron chi connectivity index (χ2n) is 6.90. The number of nitrogens with zero attached hydrogens (tertiary/aromatic N) is 2. The molecule has 0 amide bonds. The molecule has 1 aliphatic heterocycles. The number of aryl methyl sites for hydroxylation is 1. The lowest BCUT2D eigenvalue weighted by molar-refractivity contribution is -0.123. The van der Waals surface area contributed by atoms with Crippen molar-refractivity contribution in [2.75, 3.05) is 13.2 Å². The van der Waals surface area contributed by atoms with E-state index in [4.69, 9.17) is 4.74 Å². The third-order valence-corrected chi connectivity index (χ3v) is 6.50. The molecule has 1 saturated heterocycles. The van der Waals surface area contributed by atoms with Crippen LogP contribution in [0.4, 0.5) is 0 Å². The summed E-state index contributed by atoms with van der Waals surface area (Å²) in [5.74, 6) is -0.586. The van der Waals surface area contributed by atoms with E-state index in [2.05, 4.69) is 25.9 Å². The smallest absolute Gasteiger partial charge is 0.175 e. The Morgan fingerprint density at radius 3 is 2.74 bits per heavy atom. The van der Waals surface area contributed by atoms with Crippen LogP contribution in [0.25, 0.3) is 10.7 Å². The number of aromatic nitrogens is 2. The number of thiazole rings is 1. The minimum Gasteiger partial charge on any atom is -0.381 e. The third kappa shape index (κ3) is 3.81. The van der Waals surface area contributed by atoms with Gasteiger partial charge in [0.05, 0.1) is 11.4 Å². The number of Topliss-reactive ketones (excluding diaryl/α,β-unsaturated/α-hetero) is 2. The maximum absolute atomic E-state index is 13.0. The Morgan fingerprint density at radius 1 is 1.26 bits per heavy atom. The second-order valence-corrected chi connectivity index (χ2v) is 9.02. The molecule has 1 unspecified atom stereocenters. The molecule has 0 radical (unpaired) electrons. The highest BCUT2D eigenvalue weighted by Crippen LogP contribution is 2.38. The minimum atomic E-state index is -0.767. The zero-order valence-corrected chi connectivity index (χ0v) is 17.3. The van der Waals surface area contributed by atoms with Crippen molar-refractivity contribution in [3.05, 3.63) is 45.0 Å². The van der Waals surface area contributed by atoms with E-state index < -0.39 is 5.92 Å². The minimum absolute atomic E-state index is 0.0537. The van der Waals surface area contributed by atoms with Gasteiger partial charge in [0.25, 0.3) is 0 Å². The van der Waals surface area contributed by atoms with Crippen molar-refractivity contribution in [3.8, 4) is 10.7 Å². The zero-order chi connectivity index (χ0) is 19.0. The van der Waals surface area contributed by atoms with Crippen molar-refractivity contribution in [1.82, 2.24) is 9.97 Å². The summed E-state index contributed by atoms with van der Waals surface area (Å²) in [4.78, 5) is 35.5. The molecular formula is C20H19BrN2O3S. The van der Waals surface area contributed by atoms with Crippen molar-refractivity contribution in [2.24, 2.45) is 5.92 Å². The fourth-order valence-corrected chi connectivity index (χ4v) is 4.74. The Balaban J connectivity index is 1.61. The first kappa shape index (κ1) is 18.7. The maximum Gasteiger partial charge on any atom is 0.175 e. The molecule has 27 heavy (non-hydrogen) atoms. The van der Waals surface area contributed by atoms with Crippen molar-refractivity contribution < 1.29 is 14.3 Å². The molecule has 4 rings (SSSR count). The van der Waals surface area contributed by atoms with Gasteiger partial charge in [0, 0.05) is 35.2 Å². The van der Waals surface area contributed by atoms with E-state index in [0.717, 1.165) is 46.1 Å². The maximum atomic E-state index is 13.0. The first-order valence-corrected chi connectivity index (χ1v) is 10.6. The number of carbonyl (C=O) groups excluding carboxylic acids is 2. The number of allylic oxidation sites excluding steroid dienone is 2. The summed E-state index contributed by atoms with van der Waals surface area (Å²) in [6, 6.07) is 3.78. The molecule has 1 aliphatic carbocycles. The second kappa shape index (κ2) is 7.73. The third-order valence-electron chi connectivity index (χ3n) is 5.02. The molecule has 2 fully saturated rings. The number of ether oxygens (including phenoxy) is 1. The molecule has 1 saturated carbocycles. The van der Waals surface area contributed by atoms with Gasteiger partial charge in [-0.25, -0.2) is 4.98 Å². The fourth-order valence-electron chi connectivity index (χ4n) is 3.58. The van der Waals surface area contributed by atoms with Crippen molar-refractivity contribution in [1.29, 1.82) is 0 Å². The number of ketones is 2. The molecule has 3 heterocycles. The normalized spacial score (nSPS) is 22.7. The Bertz CT molecular complexity index is 914. The van der Waals surface area contributed by atoms with E-state index in [1.165, 1.54) is 11.3 Å². The molecule has 0 spiro atoms. The number of hydrogen-bond donors (Lipinski definition) is 0. The molecule has 5 nitrogen and oxygen atoms in total. The van der Waals surface area contributed by atoms with Crippen LogP contribution in [0.2, 0.25) is 0 Å². The van der Waals surface area contributed by atoms with Gasteiger partial charge >= 0.3 is 0 Å². The van der Waals surface area contributed by atoms with Crippen LogP contribution in [0.15, 0.2) is 34.5 Å². The fraction of sp³-hybridized carbons (Fsp3) is 0.400. The summed E-state index contributed by atoms with van der Waals surface area (Å²) in [5, 5.41) is 0.734. The SMILES string of the molecule is Cc1sc(-c2ccc(Br)cn2)nc1C1C(=O)C/C(=C\C2CCOCC2)C1=O. The van der Waals surface area contributed by atoms with Gasteiger partial charge in [-0.3, -0.25) is 14.6 Å². The summed E-state index contributed by atoms with van der Waals surface area (Å²) in [7, 11) is 0. The summed E-state index contributed by atoms with van der Waals surface area (Å²) >= 11 is 4.84. The van der Waals surface area contributed by atoms with Crippen LogP contribution in [-0.2, 0) is 14.3 Å². The number of halogens is 1. The molecule has 1 atom stereocenters. The van der Waals surface area contributed by atoms with Gasteiger partial charge in [0.15, 0.2) is 11.6 Å². The Kier molecular flexibility index (Phi) is 5.34. The van der Waals surface area contributed by atoms with Crippen LogP contribution in [0.1, 0.15) is 35.8 Å². The van der Waals surface area contributed by atoms with Gasteiger partial charge in [-0.1, -0.05) is 6.08 Å². The first-order chi connectivity index (χ1) is 13.0. The number of pyridine rings is 1. The van der Waals surface area contributed by atoms with Crippen molar-refractivity contribution >= 4 is 38.8 Å². The van der Waals surface area contributed by atoms with Crippen molar-refractivity contribution in [3.63, 3.8) is 0 Å². The van der Waals surface area contributed by atoms with E-state index >= 15 is 0 Å². The predicted octanol–water partition coefficient (Wildman–Crippen LogP) is 4.25. The van der Waals surface area contributed by atoms with Gasteiger partial charge in [-0.05, 0) is 59.3 Å². The molecule has 0 N–H and O–H groups in total. The molecule has 2 aromatic rings. The molecule has 140 valence electrons. The lowest BCUT2D eigenvalue weighted by atomic mass is 9.95. The highest BCUT2D eigenvalue weighted by Gasteiger charge is 2.41. The lowest BCUT2D eigenvalue weighted by Gasteiger charge is -2.19. The van der Waals surface area contributed by atoms with E-state index in [0.29, 0.717) is 17.2 Å². The lowest BCUT2D eigenvalue weighted by Crippen LogP contribution is -2.16. The largest absolute Gasteiger partial charge is 0.381 e. The summed E-state index contributed by atoms with van der Waals surface area (Å²) in [5.41, 5.74) is 1.98. The van der Waals surface area contributed by atoms with Gasteiger partial charge in [-0.15, -0.1) is 11.3 Å². The topological polar surface area (TPSA) is 69.2 Å². The van der Waals surface area contributed by atoms with Crippen LogP contribution in [0.3, 0.4) is 0 Å². The molecule has 2 aliphatic rings. The quantitative estimate of drug-likeness (QED) is 0.520. The van der Waals surface area contributed by atoms with Crippen LogP contribution in [0.5, 0.6) is 0 Å². The summed E-state index contributed by atoms with van der Waals surface area (Å²) < 4.78 is 6.26. The molecule has 7 heteroatoms. The van der Waals surface area contributed by atoms with Crippen LogP contribution < -0.4 is 0 Å². The Morgan fingerprint density at radius 2 is 2.04 bits per heavy atom. The van der Waals surface area contributed by atoms with Gasteiger partial charge in [0.1, 0.15) is 10.9 Å². The van der Waals surface area contributed by atoms with Crippen LogP contribution in [0, 0.1) is 12.8 Å². The Hall–Kier alpha value is -1.70. The number of carbonyl (C=O) groups is 2. The highest BCUT2D eigenvalue weighted by atomic mass is 79.9. The first-order valence-electron chi connectivity index (χ1n) is 8.97. The van der Waals surface area contributed by atoms with Crippen LogP contribution in [-0.4, -0.2) is 34.7 Å². The number of hydrogen-bond acceptors (Lipinski definition) is 6. The van der Waals surface area contributed by atoms with E-state index in [-0.39, 0.29) is 18.0 Å². The highest BCUT2D eigenvalue weighted by molar-refractivity contribution is 9.10. The van der Waals surface area contributed by atoms with Gasteiger partial charge in [0.2, 0.25) is 0 Å². The predicted molar refractivity (Wildman–Crippen MR) is 107 cm³/mol. The molecular weight excluding hydrogens is 428 g/mol. The van der Waals surface area contributed by atoms with Gasteiger partial charge in [-0.2, -0.15) is 0 Å². The Labute approximate surface area is 170 Å². The zero-order valence-electron chi connectivity index (χ0n) is 14.9. The summed E-state index contributed by atoms with van der Waals surface area (Å²) in [6.07, 6.45) is 5.74. The molecule has 2 aromatic heterocycles. The number of rotatable bonds is 3. The average Bonchev–Trinajstić information content (AvgIpc) is 3.16. The monoisotopic (exact) mass is 446 g/mol. The van der Waals surface area contributed by atoms with E-state index in [1.807, 2.05) is 25.1 Å². The van der Waals surface area contributed by atoms with E-state index in [9.17, 15) is 9.59 Å². The summed E-state index contributed by atoms with van der Waals surface area (Å²) in [6.45, 7) is 3.35.